The third-order valence-electron chi connectivity index (χ3n) is 2.61. The quantitative estimate of drug-likeness (QED) is 0.812. The van der Waals surface area contributed by atoms with Gasteiger partial charge in [0.2, 0.25) is 0 Å². The fourth-order valence-electron chi connectivity index (χ4n) is 1.61. The van der Waals surface area contributed by atoms with Gasteiger partial charge < -0.3 is 5.11 Å². The van der Waals surface area contributed by atoms with Crippen LogP contribution in [0.3, 0.4) is 0 Å². The molecule has 0 aliphatic rings. The first-order valence-electron chi connectivity index (χ1n) is 5.53. The van der Waals surface area contributed by atoms with Crippen LogP contribution in [0.25, 0.3) is 0 Å². The lowest BCUT2D eigenvalue weighted by Gasteiger charge is -2.14. The van der Waals surface area contributed by atoms with Crippen LogP contribution < -0.4 is 0 Å². The minimum Gasteiger partial charge on any atom is -0.388 e. The number of halogens is 1. The lowest BCUT2D eigenvalue weighted by atomic mass is 9.97. The van der Waals surface area contributed by atoms with Gasteiger partial charge in [-0.25, -0.2) is 0 Å². The Balaban J connectivity index is 2.99. The molecule has 0 aliphatic heterocycles. The summed E-state index contributed by atoms with van der Waals surface area (Å²) in [5.41, 5.74) is 2.09. The van der Waals surface area contributed by atoms with Gasteiger partial charge in [0, 0.05) is 5.02 Å². The Morgan fingerprint density at radius 2 is 2.00 bits per heavy atom. The number of hydrogen-bond donors (Lipinski definition) is 1. The van der Waals surface area contributed by atoms with Crippen molar-refractivity contribution in [1.29, 1.82) is 0 Å². The van der Waals surface area contributed by atoms with Crippen molar-refractivity contribution >= 4 is 11.6 Å². The first-order valence-corrected chi connectivity index (χ1v) is 5.91. The van der Waals surface area contributed by atoms with E-state index < -0.39 is 6.10 Å². The van der Waals surface area contributed by atoms with Crippen molar-refractivity contribution in [2.24, 2.45) is 0 Å². The highest BCUT2D eigenvalue weighted by molar-refractivity contribution is 6.31. The van der Waals surface area contributed by atoms with E-state index in [0.29, 0.717) is 10.9 Å². The summed E-state index contributed by atoms with van der Waals surface area (Å²) in [7, 11) is 0. The van der Waals surface area contributed by atoms with Crippen LogP contribution in [0.2, 0.25) is 5.02 Å². The van der Waals surface area contributed by atoms with Crippen LogP contribution in [0.5, 0.6) is 0 Å². The third kappa shape index (κ3) is 3.22. The van der Waals surface area contributed by atoms with Crippen LogP contribution in [-0.4, -0.2) is 5.11 Å². The van der Waals surface area contributed by atoms with Gasteiger partial charge in [0.25, 0.3) is 0 Å². The van der Waals surface area contributed by atoms with Crippen molar-refractivity contribution in [3.05, 3.63) is 34.3 Å². The van der Waals surface area contributed by atoms with Crippen LogP contribution in [0.4, 0.5) is 0 Å². The van der Waals surface area contributed by atoms with Crippen LogP contribution >= 0.6 is 11.6 Å². The third-order valence-corrected chi connectivity index (χ3v) is 2.95. The first kappa shape index (κ1) is 12.5. The van der Waals surface area contributed by atoms with E-state index in [1.54, 1.807) is 0 Å². The van der Waals surface area contributed by atoms with E-state index in [4.69, 9.17) is 11.6 Å². The van der Waals surface area contributed by atoms with Crippen LogP contribution in [0.1, 0.15) is 56.8 Å². The molecular formula is C13H19ClO. The zero-order valence-corrected chi connectivity index (χ0v) is 10.4. The summed E-state index contributed by atoms with van der Waals surface area (Å²) in [5, 5.41) is 10.6. The zero-order chi connectivity index (χ0) is 11.4. The van der Waals surface area contributed by atoms with E-state index >= 15 is 0 Å². The molecule has 1 N–H and O–H groups in total. The summed E-state index contributed by atoms with van der Waals surface area (Å²) in [4.78, 5) is 0. The normalized spacial score (nSPS) is 13.2. The molecule has 1 aromatic carbocycles. The fraction of sp³-hybridized carbons (Fsp3) is 0.538. The lowest BCUT2D eigenvalue weighted by Crippen LogP contribution is -1.99. The maximum atomic E-state index is 9.92. The molecule has 1 aromatic rings. The second-order valence-electron chi connectivity index (χ2n) is 4.24. The molecule has 0 aliphatic carbocycles. The number of hydrogen-bond acceptors (Lipinski definition) is 1. The Kier molecular flexibility index (Phi) is 4.62. The van der Waals surface area contributed by atoms with Gasteiger partial charge in [-0.2, -0.15) is 0 Å². The summed E-state index contributed by atoms with van der Waals surface area (Å²) in [6.07, 6.45) is 1.30. The molecule has 0 aromatic heterocycles. The molecule has 2 heteroatoms. The highest BCUT2D eigenvalue weighted by atomic mass is 35.5. The topological polar surface area (TPSA) is 20.2 Å². The predicted octanol–water partition coefficient (Wildman–Crippen LogP) is 4.30. The summed E-state index contributed by atoms with van der Waals surface area (Å²) in [6.45, 7) is 6.34. The Morgan fingerprint density at radius 3 is 2.53 bits per heavy atom. The van der Waals surface area contributed by atoms with Gasteiger partial charge in [-0.05, 0) is 29.5 Å². The van der Waals surface area contributed by atoms with Crippen molar-refractivity contribution in [1.82, 2.24) is 0 Å². The molecule has 0 saturated heterocycles. The summed E-state index contributed by atoms with van der Waals surface area (Å²) < 4.78 is 0. The maximum absolute atomic E-state index is 9.92. The summed E-state index contributed by atoms with van der Waals surface area (Å²) in [6, 6.07) is 5.92. The first-order chi connectivity index (χ1) is 7.06. The van der Waals surface area contributed by atoms with E-state index in [2.05, 4.69) is 20.8 Å². The molecule has 15 heavy (non-hydrogen) atoms. The van der Waals surface area contributed by atoms with Crippen molar-refractivity contribution in [3.8, 4) is 0 Å². The van der Waals surface area contributed by atoms with Gasteiger partial charge in [-0.15, -0.1) is 0 Å². The standard InChI is InChI=1S/C13H19ClO/c1-4-5-13(15)11-8-10(9(2)3)6-7-12(11)14/h6-9,13,15H,4-5H2,1-3H3. The molecule has 1 nitrogen and oxygen atoms in total. The smallest absolute Gasteiger partial charge is 0.0804 e. The molecule has 1 atom stereocenters. The number of aliphatic hydroxyl groups is 1. The predicted molar refractivity (Wildman–Crippen MR) is 65.4 cm³/mol. The van der Waals surface area contributed by atoms with Gasteiger partial charge in [0.1, 0.15) is 0 Å². The number of benzene rings is 1. The molecule has 84 valence electrons. The Hall–Kier alpha value is -0.530. The van der Waals surface area contributed by atoms with Gasteiger partial charge >= 0.3 is 0 Å². The lowest BCUT2D eigenvalue weighted by molar-refractivity contribution is 0.166. The van der Waals surface area contributed by atoms with Crippen LogP contribution in [0, 0.1) is 0 Å². The zero-order valence-electron chi connectivity index (χ0n) is 9.63. The second kappa shape index (κ2) is 5.53. The number of aliphatic hydroxyl groups excluding tert-OH is 1. The molecule has 1 rings (SSSR count). The summed E-state index contributed by atoms with van der Waals surface area (Å²) in [5.74, 6) is 0.467. The fourth-order valence-corrected chi connectivity index (χ4v) is 1.85. The minimum atomic E-state index is -0.429. The van der Waals surface area contributed by atoms with E-state index in [1.807, 2.05) is 18.2 Å². The van der Waals surface area contributed by atoms with Gasteiger partial charge in [-0.1, -0.05) is 50.9 Å². The average molecular weight is 227 g/mol. The highest BCUT2D eigenvalue weighted by Gasteiger charge is 2.12. The SMILES string of the molecule is CCCC(O)c1cc(C(C)C)ccc1Cl. The van der Waals surface area contributed by atoms with Crippen molar-refractivity contribution < 1.29 is 5.11 Å². The highest BCUT2D eigenvalue weighted by Crippen LogP contribution is 2.29. The van der Waals surface area contributed by atoms with Gasteiger partial charge in [0.05, 0.1) is 6.10 Å². The van der Waals surface area contributed by atoms with Gasteiger partial charge in [0.15, 0.2) is 0 Å². The summed E-state index contributed by atoms with van der Waals surface area (Å²) >= 11 is 6.07. The monoisotopic (exact) mass is 226 g/mol. The van der Waals surface area contributed by atoms with Crippen molar-refractivity contribution in [2.45, 2.75) is 45.6 Å². The molecule has 0 saturated carbocycles. The van der Waals surface area contributed by atoms with Crippen LogP contribution in [-0.2, 0) is 0 Å². The molecule has 0 amide bonds. The molecule has 0 heterocycles. The second-order valence-corrected chi connectivity index (χ2v) is 4.65. The Morgan fingerprint density at radius 1 is 1.33 bits per heavy atom. The largest absolute Gasteiger partial charge is 0.388 e. The molecular weight excluding hydrogens is 208 g/mol. The Bertz CT molecular complexity index is 320. The molecule has 0 fully saturated rings. The van der Waals surface area contributed by atoms with Gasteiger partial charge in [-0.3, -0.25) is 0 Å². The average Bonchev–Trinajstić information content (AvgIpc) is 2.18. The van der Waals surface area contributed by atoms with E-state index in [1.165, 1.54) is 5.56 Å². The van der Waals surface area contributed by atoms with Crippen LogP contribution in [0.15, 0.2) is 18.2 Å². The maximum Gasteiger partial charge on any atom is 0.0804 e. The minimum absolute atomic E-state index is 0.429. The van der Waals surface area contributed by atoms with E-state index in [0.717, 1.165) is 18.4 Å². The van der Waals surface area contributed by atoms with Crippen molar-refractivity contribution in [2.75, 3.05) is 0 Å². The Labute approximate surface area is 97.1 Å². The van der Waals surface area contributed by atoms with Crippen molar-refractivity contribution in [3.63, 3.8) is 0 Å². The number of rotatable bonds is 4. The molecule has 0 radical (unpaired) electrons. The molecule has 1 unspecified atom stereocenters. The van der Waals surface area contributed by atoms with E-state index in [-0.39, 0.29) is 0 Å². The molecule has 0 spiro atoms. The van der Waals surface area contributed by atoms with E-state index in [9.17, 15) is 5.11 Å². The molecule has 0 bridgehead atoms.